The van der Waals surface area contributed by atoms with E-state index < -0.39 is 0 Å². The highest BCUT2D eigenvalue weighted by Crippen LogP contribution is 2.23. The van der Waals surface area contributed by atoms with Gasteiger partial charge in [-0.25, -0.2) is 9.18 Å². The van der Waals surface area contributed by atoms with Gasteiger partial charge in [0.15, 0.2) is 0 Å². The third kappa shape index (κ3) is 6.26. The molecule has 0 aliphatic rings. The van der Waals surface area contributed by atoms with Gasteiger partial charge in [-0.2, -0.15) is 0 Å². The van der Waals surface area contributed by atoms with Crippen molar-refractivity contribution in [3.05, 3.63) is 59.4 Å². The van der Waals surface area contributed by atoms with Gasteiger partial charge in [-0.15, -0.1) is 0 Å². The van der Waals surface area contributed by atoms with Crippen LogP contribution >= 0.6 is 0 Å². The van der Waals surface area contributed by atoms with Crippen LogP contribution in [-0.2, 0) is 6.54 Å². The first-order valence-corrected chi connectivity index (χ1v) is 9.29. The number of hydrogen-bond acceptors (Lipinski definition) is 3. The molecule has 0 spiro atoms. The van der Waals surface area contributed by atoms with E-state index in [0.29, 0.717) is 17.8 Å². The second-order valence-corrected chi connectivity index (χ2v) is 6.67. The number of unbranched alkanes of at least 4 members (excludes halogenated alkanes) is 1. The number of hydrogen-bond donors (Lipinski definition) is 3. The van der Waals surface area contributed by atoms with Gasteiger partial charge in [0.2, 0.25) is 0 Å². The highest BCUT2D eigenvalue weighted by Gasteiger charge is 2.15. The Morgan fingerprint density at radius 2 is 1.75 bits per heavy atom. The average molecular weight is 386 g/mol. The number of halogens is 1. The molecule has 0 saturated heterocycles. The third-order valence-electron chi connectivity index (χ3n) is 4.16. The van der Waals surface area contributed by atoms with Crippen molar-refractivity contribution in [1.29, 1.82) is 0 Å². The third-order valence-corrected chi connectivity index (χ3v) is 4.16. The van der Waals surface area contributed by atoms with Crippen LogP contribution in [0.15, 0.2) is 42.5 Å². The van der Waals surface area contributed by atoms with Crippen molar-refractivity contribution < 1.29 is 14.0 Å². The summed E-state index contributed by atoms with van der Waals surface area (Å²) in [5.41, 5.74) is 2.50. The lowest BCUT2D eigenvalue weighted by Crippen LogP contribution is -2.30. The highest BCUT2D eigenvalue weighted by atomic mass is 19.1. The molecule has 0 bridgehead atoms. The van der Waals surface area contributed by atoms with Crippen LogP contribution in [0, 0.1) is 5.82 Å². The maximum Gasteiger partial charge on any atom is 0.319 e. The van der Waals surface area contributed by atoms with Crippen LogP contribution in [0.1, 0.15) is 35.7 Å². The predicted octanol–water partition coefficient (Wildman–Crippen LogP) is 3.74. The quantitative estimate of drug-likeness (QED) is 0.605. The SMILES string of the molecule is CCCCNC(=O)Nc1ccc(N(C)C)c(C(=O)NCc2ccc(F)cc2)c1. The largest absolute Gasteiger partial charge is 0.377 e. The molecule has 6 nitrogen and oxygen atoms in total. The van der Waals surface area contributed by atoms with Crippen molar-refractivity contribution in [2.75, 3.05) is 30.9 Å². The second kappa shape index (κ2) is 10.3. The minimum atomic E-state index is -0.319. The van der Waals surface area contributed by atoms with Crippen molar-refractivity contribution in [2.45, 2.75) is 26.3 Å². The zero-order valence-electron chi connectivity index (χ0n) is 16.5. The van der Waals surface area contributed by atoms with Gasteiger partial charge in [0.05, 0.1) is 5.56 Å². The standard InChI is InChI=1S/C21H27FN4O2/c1-4-5-12-23-21(28)25-17-10-11-19(26(2)3)18(13-17)20(27)24-14-15-6-8-16(22)9-7-15/h6-11,13H,4-5,12,14H2,1-3H3,(H,24,27)(H2,23,25,28). The van der Waals surface area contributed by atoms with E-state index in [0.717, 1.165) is 24.1 Å². The number of carbonyl (C=O) groups is 2. The second-order valence-electron chi connectivity index (χ2n) is 6.67. The maximum atomic E-state index is 13.0. The smallest absolute Gasteiger partial charge is 0.319 e. The Morgan fingerprint density at radius 3 is 2.39 bits per heavy atom. The minimum absolute atomic E-state index is 0.275. The topological polar surface area (TPSA) is 73.5 Å². The lowest BCUT2D eigenvalue weighted by molar-refractivity contribution is 0.0951. The maximum absolute atomic E-state index is 13.0. The fourth-order valence-corrected chi connectivity index (χ4v) is 2.62. The van der Waals surface area contributed by atoms with Gasteiger partial charge >= 0.3 is 6.03 Å². The van der Waals surface area contributed by atoms with Crippen LogP contribution in [0.4, 0.5) is 20.6 Å². The summed E-state index contributed by atoms with van der Waals surface area (Å²) in [6.07, 6.45) is 1.90. The van der Waals surface area contributed by atoms with Crippen LogP contribution in [-0.4, -0.2) is 32.6 Å². The van der Waals surface area contributed by atoms with Gasteiger partial charge in [-0.1, -0.05) is 25.5 Å². The highest BCUT2D eigenvalue weighted by molar-refractivity contribution is 6.01. The summed E-state index contributed by atoms with van der Waals surface area (Å²) < 4.78 is 13.0. The number of carbonyl (C=O) groups excluding carboxylic acids is 2. The van der Waals surface area contributed by atoms with Gasteiger partial charge in [-0.3, -0.25) is 4.79 Å². The van der Waals surface area contributed by atoms with E-state index in [2.05, 4.69) is 22.9 Å². The molecule has 0 atom stereocenters. The van der Waals surface area contributed by atoms with Gasteiger partial charge in [0.25, 0.3) is 5.91 Å². The molecule has 3 amide bonds. The molecule has 2 aromatic rings. The molecule has 0 aliphatic heterocycles. The molecule has 2 aromatic carbocycles. The molecule has 0 fully saturated rings. The summed E-state index contributed by atoms with van der Waals surface area (Å²) in [5, 5.41) is 8.37. The van der Waals surface area contributed by atoms with E-state index in [1.54, 1.807) is 30.3 Å². The lowest BCUT2D eigenvalue weighted by atomic mass is 10.1. The molecule has 2 rings (SSSR count). The van der Waals surface area contributed by atoms with Gasteiger partial charge in [0.1, 0.15) is 5.82 Å². The summed E-state index contributed by atoms with van der Waals surface area (Å²) in [7, 11) is 3.69. The molecule has 28 heavy (non-hydrogen) atoms. The van der Waals surface area contributed by atoms with Crippen molar-refractivity contribution in [3.8, 4) is 0 Å². The minimum Gasteiger partial charge on any atom is -0.377 e. The lowest BCUT2D eigenvalue weighted by Gasteiger charge is -2.18. The summed E-state index contributed by atoms with van der Waals surface area (Å²) in [4.78, 5) is 26.5. The molecular formula is C21H27FN4O2. The fourth-order valence-electron chi connectivity index (χ4n) is 2.62. The summed E-state index contributed by atoms with van der Waals surface area (Å²) in [6.45, 7) is 2.93. The normalized spacial score (nSPS) is 10.3. The molecule has 150 valence electrons. The first-order chi connectivity index (χ1) is 13.4. The van der Waals surface area contributed by atoms with Crippen LogP contribution in [0.2, 0.25) is 0 Å². The molecule has 0 radical (unpaired) electrons. The van der Waals surface area contributed by atoms with Crippen molar-refractivity contribution >= 4 is 23.3 Å². The van der Waals surface area contributed by atoms with Crippen molar-refractivity contribution in [2.24, 2.45) is 0 Å². The Hall–Kier alpha value is -3.09. The first-order valence-electron chi connectivity index (χ1n) is 9.29. The van der Waals surface area contributed by atoms with Crippen LogP contribution in [0.5, 0.6) is 0 Å². The molecule has 0 heterocycles. The monoisotopic (exact) mass is 386 g/mol. The fraction of sp³-hybridized carbons (Fsp3) is 0.333. The van der Waals surface area contributed by atoms with Gasteiger partial charge in [-0.05, 0) is 42.3 Å². The average Bonchev–Trinajstić information content (AvgIpc) is 2.67. The van der Waals surface area contributed by atoms with E-state index in [1.807, 2.05) is 19.0 Å². The Balaban J connectivity index is 2.09. The van der Waals surface area contributed by atoms with Gasteiger partial charge in [0, 0.05) is 38.6 Å². The molecule has 0 aromatic heterocycles. The Labute approximate surface area is 165 Å². The summed E-state index contributed by atoms with van der Waals surface area (Å²) in [6, 6.07) is 10.9. The summed E-state index contributed by atoms with van der Waals surface area (Å²) >= 11 is 0. The predicted molar refractivity (Wildman–Crippen MR) is 110 cm³/mol. The number of nitrogens with zero attached hydrogens (tertiary/aromatic N) is 1. The number of amides is 3. The molecule has 0 unspecified atom stereocenters. The van der Waals surface area contributed by atoms with E-state index in [9.17, 15) is 14.0 Å². The number of benzene rings is 2. The first kappa shape index (κ1) is 21.2. The zero-order valence-corrected chi connectivity index (χ0v) is 16.5. The number of anilines is 2. The molecule has 0 saturated carbocycles. The number of nitrogens with one attached hydrogen (secondary N) is 3. The van der Waals surface area contributed by atoms with Crippen LogP contribution in [0.3, 0.4) is 0 Å². The Kier molecular flexibility index (Phi) is 7.80. The Morgan fingerprint density at radius 1 is 1.04 bits per heavy atom. The molecule has 3 N–H and O–H groups in total. The Bertz CT molecular complexity index is 807. The number of urea groups is 1. The van der Waals surface area contributed by atoms with E-state index in [1.165, 1.54) is 12.1 Å². The van der Waals surface area contributed by atoms with Gasteiger partial charge < -0.3 is 20.9 Å². The van der Waals surface area contributed by atoms with E-state index >= 15 is 0 Å². The van der Waals surface area contributed by atoms with Crippen molar-refractivity contribution in [3.63, 3.8) is 0 Å². The zero-order chi connectivity index (χ0) is 20.5. The van der Waals surface area contributed by atoms with Crippen molar-refractivity contribution in [1.82, 2.24) is 10.6 Å². The molecular weight excluding hydrogens is 359 g/mol. The number of rotatable bonds is 8. The van der Waals surface area contributed by atoms with Crippen LogP contribution < -0.4 is 20.9 Å². The summed E-state index contributed by atoms with van der Waals surface area (Å²) in [5.74, 6) is -0.593. The molecule has 0 aliphatic carbocycles. The van der Waals surface area contributed by atoms with Crippen LogP contribution in [0.25, 0.3) is 0 Å². The van der Waals surface area contributed by atoms with E-state index in [4.69, 9.17) is 0 Å². The van der Waals surface area contributed by atoms with E-state index in [-0.39, 0.29) is 24.3 Å². The molecule has 7 heteroatoms.